The minimum absolute atomic E-state index is 0.530. The monoisotopic (exact) mass is 380 g/mol. The zero-order valence-electron chi connectivity index (χ0n) is 10.8. The fourth-order valence-corrected chi connectivity index (χ4v) is 3.73. The molecular weight excluding hydrogens is 372 g/mol. The van der Waals surface area contributed by atoms with E-state index in [2.05, 4.69) is 21.0 Å². The van der Waals surface area contributed by atoms with Gasteiger partial charge in [0.25, 0.3) is 0 Å². The highest BCUT2D eigenvalue weighted by Crippen LogP contribution is 2.32. The molecule has 2 heterocycles. The van der Waals surface area contributed by atoms with Crippen LogP contribution in [0.3, 0.4) is 0 Å². The van der Waals surface area contributed by atoms with Crippen LogP contribution in [0.2, 0.25) is 5.02 Å². The zero-order valence-corrected chi connectivity index (χ0v) is 14.0. The van der Waals surface area contributed by atoms with E-state index in [1.807, 2.05) is 35.0 Å². The van der Waals surface area contributed by atoms with Crippen LogP contribution in [0.4, 0.5) is 0 Å². The molecule has 21 heavy (non-hydrogen) atoms. The first-order valence-corrected chi connectivity index (χ1v) is 8.28. The summed E-state index contributed by atoms with van der Waals surface area (Å²) in [6.45, 7) is 0.530. The van der Waals surface area contributed by atoms with Gasteiger partial charge in [-0.25, -0.2) is 0 Å². The number of benzene rings is 1. The molecule has 0 spiro atoms. The molecule has 0 radical (unpaired) electrons. The summed E-state index contributed by atoms with van der Waals surface area (Å²) in [5.41, 5.74) is 3.15. The van der Waals surface area contributed by atoms with Crippen molar-refractivity contribution >= 4 is 45.2 Å². The molecule has 2 aromatic heterocycles. The lowest BCUT2D eigenvalue weighted by Crippen LogP contribution is -2.00. The number of aromatic nitrogens is 2. The molecule has 0 amide bonds. The molecule has 6 heteroatoms. The van der Waals surface area contributed by atoms with Crippen molar-refractivity contribution in [2.24, 2.45) is 0 Å². The van der Waals surface area contributed by atoms with Gasteiger partial charge in [0, 0.05) is 32.0 Å². The van der Waals surface area contributed by atoms with E-state index >= 15 is 0 Å². The lowest BCUT2D eigenvalue weighted by molar-refractivity contribution is 0.112. The molecule has 0 saturated carbocycles. The van der Waals surface area contributed by atoms with Crippen molar-refractivity contribution < 1.29 is 4.79 Å². The highest BCUT2D eigenvalue weighted by Gasteiger charge is 2.14. The van der Waals surface area contributed by atoms with Gasteiger partial charge in [-0.05, 0) is 27.6 Å². The highest BCUT2D eigenvalue weighted by atomic mass is 79.9. The first kappa shape index (κ1) is 14.5. The van der Waals surface area contributed by atoms with Crippen LogP contribution in [0.1, 0.15) is 15.9 Å². The van der Waals surface area contributed by atoms with Crippen molar-refractivity contribution in [3.05, 3.63) is 61.8 Å². The van der Waals surface area contributed by atoms with Crippen LogP contribution in [-0.2, 0) is 6.54 Å². The fraction of sp³-hybridized carbons (Fsp3) is 0.0667. The topological polar surface area (TPSA) is 34.9 Å². The third kappa shape index (κ3) is 2.95. The SMILES string of the molecule is O=Cc1cn(Cc2ccccc2Cl)nc1-c1cscc1Br. The number of thiophene rings is 1. The molecule has 106 valence electrons. The van der Waals surface area contributed by atoms with Gasteiger partial charge < -0.3 is 0 Å². The minimum Gasteiger partial charge on any atom is -0.298 e. The van der Waals surface area contributed by atoms with Crippen LogP contribution in [-0.4, -0.2) is 16.1 Å². The second-order valence-corrected chi connectivity index (χ2v) is 6.48. The van der Waals surface area contributed by atoms with Crippen LogP contribution >= 0.6 is 38.9 Å². The number of rotatable bonds is 4. The van der Waals surface area contributed by atoms with Gasteiger partial charge >= 0.3 is 0 Å². The van der Waals surface area contributed by atoms with Crippen molar-refractivity contribution in [3.63, 3.8) is 0 Å². The molecule has 3 rings (SSSR count). The van der Waals surface area contributed by atoms with Gasteiger partial charge in [-0.15, -0.1) is 0 Å². The normalized spacial score (nSPS) is 10.8. The fourth-order valence-electron chi connectivity index (χ4n) is 2.07. The molecule has 0 fully saturated rings. The van der Waals surface area contributed by atoms with Gasteiger partial charge in [-0.2, -0.15) is 16.4 Å². The molecule has 0 aliphatic heterocycles. The lowest BCUT2D eigenvalue weighted by Gasteiger charge is -2.03. The first-order valence-electron chi connectivity index (χ1n) is 6.17. The average Bonchev–Trinajstić information content (AvgIpc) is 3.07. The van der Waals surface area contributed by atoms with Crippen molar-refractivity contribution in [2.75, 3.05) is 0 Å². The quantitative estimate of drug-likeness (QED) is 0.603. The van der Waals surface area contributed by atoms with Gasteiger partial charge in [0.2, 0.25) is 0 Å². The van der Waals surface area contributed by atoms with Gasteiger partial charge in [0.1, 0.15) is 5.69 Å². The molecule has 3 aromatic rings. The Morgan fingerprint density at radius 1 is 1.33 bits per heavy atom. The molecule has 0 atom stereocenters. The van der Waals surface area contributed by atoms with Crippen LogP contribution in [0.15, 0.2) is 45.7 Å². The number of nitrogens with zero attached hydrogens (tertiary/aromatic N) is 2. The predicted molar refractivity (Wildman–Crippen MR) is 89.2 cm³/mol. The van der Waals surface area contributed by atoms with E-state index in [4.69, 9.17) is 11.6 Å². The summed E-state index contributed by atoms with van der Waals surface area (Å²) < 4.78 is 2.68. The Morgan fingerprint density at radius 2 is 2.14 bits per heavy atom. The maximum atomic E-state index is 11.3. The van der Waals surface area contributed by atoms with Gasteiger partial charge in [-0.1, -0.05) is 29.8 Å². The molecular formula is C15H10BrClN2OS. The van der Waals surface area contributed by atoms with E-state index < -0.39 is 0 Å². The van der Waals surface area contributed by atoms with E-state index in [-0.39, 0.29) is 0 Å². The zero-order chi connectivity index (χ0) is 14.8. The third-order valence-electron chi connectivity index (χ3n) is 3.08. The maximum Gasteiger partial charge on any atom is 0.153 e. The van der Waals surface area contributed by atoms with Crippen molar-refractivity contribution in [3.8, 4) is 11.3 Å². The summed E-state index contributed by atoms with van der Waals surface area (Å²) in [4.78, 5) is 11.3. The first-order chi connectivity index (χ1) is 10.2. The Bertz CT molecular complexity index is 797. The van der Waals surface area contributed by atoms with Gasteiger partial charge in [0.15, 0.2) is 6.29 Å². The lowest BCUT2D eigenvalue weighted by atomic mass is 10.2. The highest BCUT2D eigenvalue weighted by molar-refractivity contribution is 9.10. The van der Waals surface area contributed by atoms with Crippen molar-refractivity contribution in [1.82, 2.24) is 9.78 Å². The molecule has 0 aliphatic carbocycles. The minimum atomic E-state index is 0.530. The summed E-state index contributed by atoms with van der Waals surface area (Å²) in [5.74, 6) is 0. The number of carbonyl (C=O) groups excluding carboxylic acids is 1. The molecule has 0 N–H and O–H groups in total. The molecule has 0 bridgehead atoms. The van der Waals surface area contributed by atoms with E-state index in [9.17, 15) is 4.79 Å². The summed E-state index contributed by atoms with van der Waals surface area (Å²) in [5, 5.41) is 9.16. The Balaban J connectivity index is 1.99. The van der Waals surface area contributed by atoms with E-state index in [0.29, 0.717) is 22.8 Å². The van der Waals surface area contributed by atoms with Crippen LogP contribution < -0.4 is 0 Å². The summed E-state index contributed by atoms with van der Waals surface area (Å²) in [6.07, 6.45) is 2.57. The summed E-state index contributed by atoms with van der Waals surface area (Å²) in [7, 11) is 0. The second-order valence-electron chi connectivity index (χ2n) is 4.47. The Kier molecular flexibility index (Phi) is 4.24. The van der Waals surface area contributed by atoms with Crippen LogP contribution in [0.5, 0.6) is 0 Å². The van der Waals surface area contributed by atoms with Crippen molar-refractivity contribution in [2.45, 2.75) is 6.54 Å². The molecule has 3 nitrogen and oxygen atoms in total. The molecule has 0 aliphatic rings. The summed E-state index contributed by atoms with van der Waals surface area (Å²) >= 11 is 11.2. The standard InChI is InChI=1S/C15H10BrClN2OS/c16-13-9-21-8-12(13)15-11(7-20)6-19(18-15)5-10-3-1-2-4-14(10)17/h1-4,6-9H,5H2. The van der Waals surface area contributed by atoms with Crippen LogP contribution in [0, 0.1) is 0 Å². The second kappa shape index (κ2) is 6.13. The Morgan fingerprint density at radius 3 is 2.81 bits per heavy atom. The van der Waals surface area contributed by atoms with Gasteiger partial charge in [0.05, 0.1) is 12.1 Å². The number of carbonyl (C=O) groups is 1. The van der Waals surface area contributed by atoms with E-state index in [1.54, 1.807) is 22.2 Å². The molecule has 1 aromatic carbocycles. The molecule has 0 saturated heterocycles. The number of halogens is 2. The van der Waals surface area contributed by atoms with E-state index in [1.165, 1.54) is 0 Å². The predicted octanol–water partition coefficient (Wildman–Crippen LogP) is 4.89. The third-order valence-corrected chi connectivity index (χ3v) is 5.15. The largest absolute Gasteiger partial charge is 0.298 e. The Hall–Kier alpha value is -1.43. The number of hydrogen-bond acceptors (Lipinski definition) is 3. The van der Waals surface area contributed by atoms with Crippen molar-refractivity contribution in [1.29, 1.82) is 0 Å². The number of hydrogen-bond donors (Lipinski definition) is 0. The van der Waals surface area contributed by atoms with Crippen LogP contribution in [0.25, 0.3) is 11.3 Å². The number of aldehydes is 1. The smallest absolute Gasteiger partial charge is 0.153 e. The molecule has 0 unspecified atom stereocenters. The van der Waals surface area contributed by atoms with Gasteiger partial charge in [-0.3, -0.25) is 9.48 Å². The summed E-state index contributed by atoms with van der Waals surface area (Å²) in [6, 6.07) is 7.61. The maximum absolute atomic E-state index is 11.3. The Labute approximate surface area is 139 Å². The van der Waals surface area contributed by atoms with E-state index in [0.717, 1.165) is 21.9 Å². The average molecular weight is 382 g/mol.